The van der Waals surface area contributed by atoms with Crippen LogP contribution in [0.4, 0.5) is 0 Å². The monoisotopic (exact) mass is 292 g/mol. The molecule has 5 heteroatoms. The molecule has 0 radical (unpaired) electrons. The van der Waals surface area contributed by atoms with Crippen LogP contribution in [-0.2, 0) is 16.1 Å². The Morgan fingerprint density at radius 1 is 1.19 bits per heavy atom. The summed E-state index contributed by atoms with van der Waals surface area (Å²) in [5, 5.41) is 2.80. The summed E-state index contributed by atoms with van der Waals surface area (Å²) < 4.78 is 4.82. The molecule has 5 nitrogen and oxygen atoms in total. The average molecular weight is 292 g/mol. The molecule has 0 aromatic heterocycles. The first-order valence-corrected chi connectivity index (χ1v) is 7.20. The molecule has 0 heterocycles. The van der Waals surface area contributed by atoms with E-state index in [1.54, 1.807) is 6.92 Å². The van der Waals surface area contributed by atoms with Crippen LogP contribution < -0.4 is 5.32 Å². The van der Waals surface area contributed by atoms with Crippen molar-refractivity contribution >= 4 is 11.9 Å². The second-order valence-electron chi connectivity index (χ2n) is 5.10. The number of carbonyl (C=O) groups is 2. The van der Waals surface area contributed by atoms with E-state index in [9.17, 15) is 9.59 Å². The maximum atomic E-state index is 11.9. The molecule has 0 bridgehead atoms. The van der Waals surface area contributed by atoms with Crippen molar-refractivity contribution in [3.8, 4) is 0 Å². The van der Waals surface area contributed by atoms with E-state index < -0.39 is 0 Å². The molecule has 0 aliphatic rings. The summed E-state index contributed by atoms with van der Waals surface area (Å²) in [7, 11) is 4.01. The van der Waals surface area contributed by atoms with Crippen LogP contribution in [0.25, 0.3) is 0 Å². The van der Waals surface area contributed by atoms with Gasteiger partial charge in [0, 0.05) is 25.1 Å². The standard InChI is InChI=1S/C16H24N2O3/c1-4-21-15(19)6-5-11-17-16(20)14-9-7-13(8-10-14)12-18(2)3/h7-10H,4-6,11-12H2,1-3H3,(H,17,20). The number of hydrogen-bond acceptors (Lipinski definition) is 4. The van der Waals surface area contributed by atoms with Gasteiger partial charge in [0.25, 0.3) is 5.91 Å². The number of nitrogens with zero attached hydrogens (tertiary/aromatic N) is 1. The Morgan fingerprint density at radius 2 is 1.86 bits per heavy atom. The minimum atomic E-state index is -0.222. The molecule has 1 N–H and O–H groups in total. The van der Waals surface area contributed by atoms with Gasteiger partial charge in [0.1, 0.15) is 0 Å². The van der Waals surface area contributed by atoms with E-state index >= 15 is 0 Å². The van der Waals surface area contributed by atoms with Crippen molar-refractivity contribution in [3.05, 3.63) is 35.4 Å². The lowest BCUT2D eigenvalue weighted by molar-refractivity contribution is -0.143. The quantitative estimate of drug-likeness (QED) is 0.586. The Morgan fingerprint density at radius 3 is 2.43 bits per heavy atom. The summed E-state index contributed by atoms with van der Waals surface area (Å²) in [4.78, 5) is 25.1. The SMILES string of the molecule is CCOC(=O)CCCNC(=O)c1ccc(CN(C)C)cc1. The second-order valence-corrected chi connectivity index (χ2v) is 5.10. The Balaban J connectivity index is 2.33. The molecule has 0 atom stereocenters. The van der Waals surface area contributed by atoms with Crippen molar-refractivity contribution in [2.45, 2.75) is 26.3 Å². The number of rotatable bonds is 8. The van der Waals surface area contributed by atoms with Crippen LogP contribution in [0.3, 0.4) is 0 Å². The van der Waals surface area contributed by atoms with Crippen molar-refractivity contribution in [3.63, 3.8) is 0 Å². The highest BCUT2D eigenvalue weighted by Crippen LogP contribution is 2.06. The minimum absolute atomic E-state index is 0.115. The molecule has 0 saturated carbocycles. The topological polar surface area (TPSA) is 58.6 Å². The molecule has 1 rings (SSSR count). The van der Waals surface area contributed by atoms with Gasteiger partial charge in [0.2, 0.25) is 0 Å². The number of hydrogen-bond donors (Lipinski definition) is 1. The number of nitrogens with one attached hydrogen (secondary N) is 1. The average Bonchev–Trinajstić information content (AvgIpc) is 2.44. The van der Waals surface area contributed by atoms with E-state index in [1.165, 1.54) is 5.56 Å². The van der Waals surface area contributed by atoms with Crippen LogP contribution in [0, 0.1) is 0 Å². The van der Waals surface area contributed by atoms with Crippen LogP contribution in [0.15, 0.2) is 24.3 Å². The Kier molecular flexibility index (Phi) is 7.46. The highest BCUT2D eigenvalue weighted by Gasteiger charge is 2.06. The molecule has 0 unspecified atom stereocenters. The van der Waals surface area contributed by atoms with E-state index in [0.717, 1.165) is 6.54 Å². The molecule has 0 saturated heterocycles. The number of ether oxygens (including phenoxy) is 1. The molecule has 1 aromatic rings. The van der Waals surface area contributed by atoms with Gasteiger partial charge < -0.3 is 15.0 Å². The third-order valence-corrected chi connectivity index (χ3v) is 2.86. The molecule has 1 amide bonds. The smallest absolute Gasteiger partial charge is 0.305 e. The first-order valence-electron chi connectivity index (χ1n) is 7.20. The molecule has 0 aliphatic heterocycles. The van der Waals surface area contributed by atoms with E-state index in [1.807, 2.05) is 38.4 Å². The van der Waals surface area contributed by atoms with Gasteiger partial charge in [-0.25, -0.2) is 0 Å². The summed E-state index contributed by atoms with van der Waals surface area (Å²) in [6.45, 7) is 3.49. The Labute approximate surface area is 126 Å². The number of benzene rings is 1. The molecule has 1 aromatic carbocycles. The van der Waals surface area contributed by atoms with E-state index in [4.69, 9.17) is 4.74 Å². The normalized spacial score (nSPS) is 10.5. The largest absolute Gasteiger partial charge is 0.466 e. The first kappa shape index (κ1) is 17.2. The summed E-state index contributed by atoms with van der Waals surface area (Å²) in [6, 6.07) is 7.54. The zero-order chi connectivity index (χ0) is 15.7. The molecule has 0 spiro atoms. The molecular formula is C16H24N2O3. The molecule has 21 heavy (non-hydrogen) atoms. The van der Waals surface area contributed by atoms with Gasteiger partial charge in [-0.1, -0.05) is 12.1 Å². The molecule has 0 aliphatic carbocycles. The molecular weight excluding hydrogens is 268 g/mol. The van der Waals surface area contributed by atoms with E-state index in [0.29, 0.717) is 31.6 Å². The highest BCUT2D eigenvalue weighted by molar-refractivity contribution is 5.94. The van der Waals surface area contributed by atoms with Gasteiger partial charge in [0.15, 0.2) is 0 Å². The van der Waals surface area contributed by atoms with Crippen molar-refractivity contribution in [1.29, 1.82) is 0 Å². The summed E-state index contributed by atoms with van der Waals surface area (Å²) in [6.07, 6.45) is 0.916. The van der Waals surface area contributed by atoms with Crippen molar-refractivity contribution in [2.24, 2.45) is 0 Å². The fourth-order valence-corrected chi connectivity index (χ4v) is 1.90. The van der Waals surface area contributed by atoms with E-state index in [-0.39, 0.29) is 11.9 Å². The summed E-state index contributed by atoms with van der Waals surface area (Å²) >= 11 is 0. The van der Waals surface area contributed by atoms with Crippen molar-refractivity contribution in [1.82, 2.24) is 10.2 Å². The third-order valence-electron chi connectivity index (χ3n) is 2.86. The highest BCUT2D eigenvalue weighted by atomic mass is 16.5. The van der Waals surface area contributed by atoms with Gasteiger partial charge in [0.05, 0.1) is 6.61 Å². The summed E-state index contributed by atoms with van der Waals surface area (Å²) in [5.41, 5.74) is 1.80. The number of carbonyl (C=O) groups excluding carboxylic acids is 2. The second kappa shape index (κ2) is 9.13. The predicted molar refractivity (Wildman–Crippen MR) is 82.0 cm³/mol. The third kappa shape index (κ3) is 6.90. The fraction of sp³-hybridized carbons (Fsp3) is 0.500. The predicted octanol–water partition coefficient (Wildman–Crippen LogP) is 1.82. The maximum absolute atomic E-state index is 11.9. The molecule has 116 valence electrons. The number of esters is 1. The lowest BCUT2D eigenvalue weighted by Crippen LogP contribution is -2.25. The lowest BCUT2D eigenvalue weighted by atomic mass is 10.1. The van der Waals surface area contributed by atoms with Crippen LogP contribution in [0.1, 0.15) is 35.7 Å². The van der Waals surface area contributed by atoms with Crippen LogP contribution in [0.2, 0.25) is 0 Å². The maximum Gasteiger partial charge on any atom is 0.305 e. The van der Waals surface area contributed by atoms with E-state index in [2.05, 4.69) is 10.2 Å². The van der Waals surface area contributed by atoms with Gasteiger partial charge in [-0.05, 0) is 45.1 Å². The fourth-order valence-electron chi connectivity index (χ4n) is 1.90. The number of amides is 1. The van der Waals surface area contributed by atoms with Gasteiger partial charge in [-0.3, -0.25) is 9.59 Å². The van der Waals surface area contributed by atoms with Crippen LogP contribution >= 0.6 is 0 Å². The van der Waals surface area contributed by atoms with Gasteiger partial charge >= 0.3 is 5.97 Å². The zero-order valence-electron chi connectivity index (χ0n) is 13.0. The van der Waals surface area contributed by atoms with Crippen LogP contribution in [0.5, 0.6) is 0 Å². The first-order chi connectivity index (χ1) is 10.0. The van der Waals surface area contributed by atoms with Gasteiger partial charge in [-0.2, -0.15) is 0 Å². The lowest BCUT2D eigenvalue weighted by Gasteiger charge is -2.10. The van der Waals surface area contributed by atoms with Crippen molar-refractivity contribution in [2.75, 3.05) is 27.2 Å². The zero-order valence-corrected chi connectivity index (χ0v) is 13.0. The molecule has 0 fully saturated rings. The Bertz CT molecular complexity index is 455. The van der Waals surface area contributed by atoms with Crippen molar-refractivity contribution < 1.29 is 14.3 Å². The minimum Gasteiger partial charge on any atom is -0.466 e. The summed E-state index contributed by atoms with van der Waals surface area (Å²) in [5.74, 6) is -0.338. The van der Waals surface area contributed by atoms with Crippen LogP contribution in [-0.4, -0.2) is 44.0 Å². The Hall–Kier alpha value is -1.88. The van der Waals surface area contributed by atoms with Gasteiger partial charge in [-0.15, -0.1) is 0 Å².